The van der Waals surface area contributed by atoms with Crippen LogP contribution in [0.15, 0.2) is 22.7 Å². The minimum atomic E-state index is 0.294. The summed E-state index contributed by atoms with van der Waals surface area (Å²) in [6, 6.07) is 6.83. The average Bonchev–Trinajstić information content (AvgIpc) is 2.38. The zero-order chi connectivity index (χ0) is 14.5. The van der Waals surface area contributed by atoms with Crippen molar-refractivity contribution in [3.05, 3.63) is 28.2 Å². The van der Waals surface area contributed by atoms with Crippen LogP contribution in [0.25, 0.3) is 0 Å². The third kappa shape index (κ3) is 4.50. The van der Waals surface area contributed by atoms with Crippen molar-refractivity contribution in [1.82, 2.24) is 5.32 Å². The number of likely N-dealkylation sites (N-methyl/N-ethyl adjacent to an activating group) is 1. The highest BCUT2D eigenvalue weighted by Gasteiger charge is 2.27. The van der Waals surface area contributed by atoms with Crippen LogP contribution < -0.4 is 10.1 Å². The molecule has 2 nitrogen and oxygen atoms in total. The second-order valence-electron chi connectivity index (χ2n) is 5.63. The van der Waals surface area contributed by atoms with Crippen LogP contribution in [0.3, 0.4) is 0 Å². The topological polar surface area (TPSA) is 21.3 Å². The van der Waals surface area contributed by atoms with E-state index in [1.165, 1.54) is 12.0 Å². The maximum atomic E-state index is 5.28. The van der Waals surface area contributed by atoms with E-state index in [0.717, 1.165) is 23.2 Å². The van der Waals surface area contributed by atoms with E-state index in [2.05, 4.69) is 61.1 Å². The van der Waals surface area contributed by atoms with E-state index in [-0.39, 0.29) is 0 Å². The Labute approximate surface area is 126 Å². The number of ether oxygens (including phenoxy) is 1. The molecular weight excluding hydrogens is 302 g/mol. The van der Waals surface area contributed by atoms with Gasteiger partial charge in [0.25, 0.3) is 0 Å². The van der Waals surface area contributed by atoms with E-state index >= 15 is 0 Å². The molecule has 108 valence electrons. The summed E-state index contributed by atoms with van der Waals surface area (Å²) >= 11 is 3.56. The van der Waals surface area contributed by atoms with Crippen molar-refractivity contribution in [3.8, 4) is 5.75 Å². The lowest BCUT2D eigenvalue weighted by molar-refractivity contribution is 0.232. The first kappa shape index (κ1) is 16.5. The van der Waals surface area contributed by atoms with E-state index in [4.69, 9.17) is 4.74 Å². The molecule has 1 rings (SSSR count). The van der Waals surface area contributed by atoms with Crippen molar-refractivity contribution >= 4 is 15.9 Å². The smallest absolute Gasteiger partial charge is 0.133 e. The van der Waals surface area contributed by atoms with Crippen molar-refractivity contribution in [1.29, 1.82) is 0 Å². The first-order valence-electron chi connectivity index (χ1n) is 7.00. The number of benzene rings is 1. The lowest BCUT2D eigenvalue weighted by Gasteiger charge is -2.34. The van der Waals surface area contributed by atoms with Gasteiger partial charge in [0.2, 0.25) is 0 Å². The monoisotopic (exact) mass is 327 g/mol. The molecule has 0 saturated heterocycles. The minimum Gasteiger partial charge on any atom is -0.496 e. The van der Waals surface area contributed by atoms with Crippen LogP contribution in [0.5, 0.6) is 5.75 Å². The summed E-state index contributed by atoms with van der Waals surface area (Å²) in [5.41, 5.74) is 1.63. The van der Waals surface area contributed by atoms with Crippen LogP contribution in [-0.2, 0) is 6.42 Å². The highest BCUT2D eigenvalue weighted by Crippen LogP contribution is 2.30. The molecule has 0 saturated carbocycles. The number of halogens is 1. The molecule has 0 heterocycles. The van der Waals surface area contributed by atoms with E-state index in [0.29, 0.717) is 11.5 Å². The number of hydrogen-bond acceptors (Lipinski definition) is 2. The molecule has 1 aromatic rings. The molecule has 1 atom stereocenters. The molecule has 1 N–H and O–H groups in total. The molecule has 3 heteroatoms. The fraction of sp³-hybridized carbons (Fsp3) is 0.625. The summed E-state index contributed by atoms with van der Waals surface area (Å²) in [5, 5.41) is 3.62. The van der Waals surface area contributed by atoms with Crippen molar-refractivity contribution in [2.45, 2.75) is 46.6 Å². The Hall–Kier alpha value is -0.540. The quantitative estimate of drug-likeness (QED) is 0.800. The van der Waals surface area contributed by atoms with Crippen LogP contribution in [-0.4, -0.2) is 19.7 Å². The lowest BCUT2D eigenvalue weighted by Crippen LogP contribution is -2.43. The Balaban J connectivity index is 2.88. The van der Waals surface area contributed by atoms with Gasteiger partial charge in [0.05, 0.1) is 11.6 Å². The Morgan fingerprint density at radius 2 is 2.00 bits per heavy atom. The molecule has 1 aromatic carbocycles. The molecule has 0 radical (unpaired) electrons. The Morgan fingerprint density at radius 1 is 1.32 bits per heavy atom. The highest BCUT2D eigenvalue weighted by atomic mass is 79.9. The summed E-state index contributed by atoms with van der Waals surface area (Å²) in [5.74, 6) is 0.888. The number of hydrogen-bond donors (Lipinski definition) is 1. The summed E-state index contributed by atoms with van der Waals surface area (Å²) in [6.07, 6.45) is 2.21. The van der Waals surface area contributed by atoms with Crippen LogP contribution in [0, 0.1) is 5.41 Å². The SMILES string of the molecule is CCNC(Cc1ccc(OC)c(Br)c1)C(C)(C)CC. The van der Waals surface area contributed by atoms with Crippen molar-refractivity contribution in [3.63, 3.8) is 0 Å². The normalized spacial score (nSPS) is 13.4. The average molecular weight is 328 g/mol. The van der Waals surface area contributed by atoms with Gasteiger partial charge in [0.1, 0.15) is 5.75 Å². The molecule has 0 aliphatic rings. The number of nitrogens with one attached hydrogen (secondary N) is 1. The van der Waals surface area contributed by atoms with E-state index in [1.807, 2.05) is 6.07 Å². The number of rotatable bonds is 7. The number of methoxy groups -OCH3 is 1. The molecule has 1 unspecified atom stereocenters. The second-order valence-corrected chi connectivity index (χ2v) is 6.48. The predicted molar refractivity (Wildman–Crippen MR) is 85.9 cm³/mol. The Morgan fingerprint density at radius 3 is 2.47 bits per heavy atom. The van der Waals surface area contributed by atoms with Gasteiger partial charge in [-0.3, -0.25) is 0 Å². The zero-order valence-corrected chi connectivity index (χ0v) is 14.3. The Bertz CT molecular complexity index is 404. The van der Waals surface area contributed by atoms with E-state index in [9.17, 15) is 0 Å². The molecule has 0 amide bonds. The summed E-state index contributed by atoms with van der Waals surface area (Å²) in [4.78, 5) is 0. The van der Waals surface area contributed by atoms with Gasteiger partial charge < -0.3 is 10.1 Å². The maximum Gasteiger partial charge on any atom is 0.133 e. The molecule has 0 aromatic heterocycles. The third-order valence-corrected chi connectivity index (χ3v) is 4.58. The van der Waals surface area contributed by atoms with Crippen LogP contribution >= 0.6 is 15.9 Å². The molecule has 19 heavy (non-hydrogen) atoms. The van der Waals surface area contributed by atoms with Gasteiger partial charge in [0, 0.05) is 6.04 Å². The van der Waals surface area contributed by atoms with Gasteiger partial charge in [-0.05, 0) is 58.4 Å². The molecule has 0 aliphatic heterocycles. The lowest BCUT2D eigenvalue weighted by atomic mass is 9.79. The summed E-state index contributed by atoms with van der Waals surface area (Å²) in [7, 11) is 1.70. The third-order valence-electron chi connectivity index (χ3n) is 3.96. The fourth-order valence-electron chi connectivity index (χ4n) is 2.19. The zero-order valence-electron chi connectivity index (χ0n) is 12.7. The van der Waals surface area contributed by atoms with Gasteiger partial charge in [-0.1, -0.05) is 33.8 Å². The highest BCUT2D eigenvalue weighted by molar-refractivity contribution is 9.10. The molecule has 0 bridgehead atoms. The van der Waals surface area contributed by atoms with Crippen molar-refractivity contribution < 1.29 is 4.74 Å². The molecule has 0 spiro atoms. The van der Waals surface area contributed by atoms with Crippen LogP contribution in [0.4, 0.5) is 0 Å². The first-order valence-corrected chi connectivity index (χ1v) is 7.79. The summed E-state index contributed by atoms with van der Waals surface area (Å²) in [6.45, 7) is 10.1. The second kappa shape index (κ2) is 7.30. The van der Waals surface area contributed by atoms with Gasteiger partial charge in [-0.25, -0.2) is 0 Å². The largest absolute Gasteiger partial charge is 0.496 e. The first-order chi connectivity index (χ1) is 8.94. The van der Waals surface area contributed by atoms with E-state index < -0.39 is 0 Å². The van der Waals surface area contributed by atoms with Crippen LogP contribution in [0.2, 0.25) is 0 Å². The molecular formula is C16H26BrNO. The van der Waals surface area contributed by atoms with Crippen LogP contribution in [0.1, 0.15) is 39.7 Å². The Kier molecular flexibility index (Phi) is 6.34. The maximum absolute atomic E-state index is 5.28. The van der Waals surface area contributed by atoms with E-state index in [1.54, 1.807) is 7.11 Å². The molecule has 0 fully saturated rings. The van der Waals surface area contributed by atoms with Crippen molar-refractivity contribution in [2.24, 2.45) is 5.41 Å². The fourth-order valence-corrected chi connectivity index (χ4v) is 2.78. The minimum absolute atomic E-state index is 0.294. The van der Waals surface area contributed by atoms with Crippen molar-refractivity contribution in [2.75, 3.05) is 13.7 Å². The standard InChI is InChI=1S/C16H26BrNO/c1-6-16(3,4)15(18-7-2)11-12-8-9-14(19-5)13(17)10-12/h8-10,15,18H,6-7,11H2,1-5H3. The van der Waals surface area contributed by atoms with Gasteiger partial charge in [-0.15, -0.1) is 0 Å². The van der Waals surface area contributed by atoms with Gasteiger partial charge in [0.15, 0.2) is 0 Å². The summed E-state index contributed by atoms with van der Waals surface area (Å²) < 4.78 is 6.30. The van der Waals surface area contributed by atoms with Gasteiger partial charge in [-0.2, -0.15) is 0 Å². The van der Waals surface area contributed by atoms with Gasteiger partial charge >= 0.3 is 0 Å². The molecule has 0 aliphatic carbocycles. The predicted octanol–water partition coefficient (Wildman–Crippen LogP) is 4.41.